The van der Waals surface area contributed by atoms with E-state index in [4.69, 9.17) is 4.74 Å². The number of ether oxygens (including phenoxy) is 1. The molecule has 162 valence electrons. The lowest BCUT2D eigenvalue weighted by atomic mass is 9.91. The highest BCUT2D eigenvalue weighted by atomic mass is 32.2. The van der Waals surface area contributed by atoms with Crippen LogP contribution in [0.1, 0.15) is 36.9 Å². The second kappa shape index (κ2) is 9.88. The molecule has 9 nitrogen and oxygen atoms in total. The summed E-state index contributed by atoms with van der Waals surface area (Å²) < 4.78 is 5.31. The number of nitrogens with zero attached hydrogens (tertiary/aromatic N) is 3. The number of carbonyl (C=O) groups is 2. The zero-order valence-corrected chi connectivity index (χ0v) is 17.9. The van der Waals surface area contributed by atoms with Crippen LogP contribution in [-0.2, 0) is 11.3 Å². The van der Waals surface area contributed by atoms with Crippen LogP contribution in [0.15, 0.2) is 35.5 Å². The monoisotopic (exact) mass is 440 g/mol. The van der Waals surface area contributed by atoms with Crippen molar-refractivity contribution in [1.82, 2.24) is 25.6 Å². The van der Waals surface area contributed by atoms with Crippen molar-refractivity contribution in [3.8, 4) is 5.88 Å². The number of hydrogen-bond donors (Lipinski definition) is 3. The molecule has 1 saturated heterocycles. The Morgan fingerprint density at radius 1 is 1.16 bits per heavy atom. The van der Waals surface area contributed by atoms with Crippen molar-refractivity contribution < 1.29 is 14.3 Å². The SMILES string of the molecule is COc1ncccc1CNC1CCC(Nc2nccc(/C=C3/SC(=O)NC3=O)n2)CC1. The molecular weight excluding hydrogens is 416 g/mol. The molecule has 2 fully saturated rings. The number of thioether (sulfide) groups is 1. The maximum absolute atomic E-state index is 11.7. The fraction of sp³-hybridized carbons (Fsp3) is 0.381. The summed E-state index contributed by atoms with van der Waals surface area (Å²) in [4.78, 5) is 36.3. The van der Waals surface area contributed by atoms with Crippen LogP contribution >= 0.6 is 11.8 Å². The summed E-state index contributed by atoms with van der Waals surface area (Å²) in [5.41, 5.74) is 1.64. The Labute approximate surface area is 184 Å². The molecule has 3 heterocycles. The molecule has 0 spiro atoms. The Kier molecular flexibility index (Phi) is 6.78. The van der Waals surface area contributed by atoms with E-state index in [2.05, 4.69) is 30.9 Å². The minimum Gasteiger partial charge on any atom is -0.481 e. The molecule has 2 amide bonds. The molecule has 10 heteroatoms. The van der Waals surface area contributed by atoms with E-state index in [0.29, 0.717) is 34.5 Å². The second-order valence-electron chi connectivity index (χ2n) is 7.40. The zero-order chi connectivity index (χ0) is 21.6. The van der Waals surface area contributed by atoms with Gasteiger partial charge >= 0.3 is 0 Å². The number of carbonyl (C=O) groups excluding carboxylic acids is 2. The number of amides is 2. The van der Waals surface area contributed by atoms with Crippen molar-refractivity contribution in [2.24, 2.45) is 0 Å². The third-order valence-electron chi connectivity index (χ3n) is 5.28. The molecule has 31 heavy (non-hydrogen) atoms. The fourth-order valence-corrected chi connectivity index (χ4v) is 4.37. The second-order valence-corrected chi connectivity index (χ2v) is 8.42. The van der Waals surface area contributed by atoms with Gasteiger partial charge in [-0.2, -0.15) is 0 Å². The standard InChI is InChI=1S/C21H24N6O3S/c1-30-19-13(3-2-9-22-19)12-24-14-4-6-15(7-5-14)25-20-23-10-8-16(26-20)11-17-18(28)27-21(29)31-17/h2-3,8-11,14-15,24H,4-7,12H2,1H3,(H,23,25,26)(H,27,28,29)/b17-11+. The molecule has 0 unspecified atom stereocenters. The predicted octanol–water partition coefficient (Wildman–Crippen LogP) is 2.72. The molecule has 2 aromatic heterocycles. The number of methoxy groups -OCH3 is 1. The van der Waals surface area contributed by atoms with E-state index in [1.807, 2.05) is 12.1 Å². The molecule has 3 N–H and O–H groups in total. The highest BCUT2D eigenvalue weighted by Crippen LogP contribution is 2.26. The van der Waals surface area contributed by atoms with Gasteiger partial charge in [0.25, 0.3) is 11.1 Å². The van der Waals surface area contributed by atoms with E-state index in [1.54, 1.807) is 31.6 Å². The minimum atomic E-state index is -0.391. The van der Waals surface area contributed by atoms with Gasteiger partial charge in [0.2, 0.25) is 11.8 Å². The Hall–Kier alpha value is -2.98. The molecule has 1 aliphatic heterocycles. The first-order chi connectivity index (χ1) is 15.1. The number of nitrogens with one attached hydrogen (secondary N) is 3. The van der Waals surface area contributed by atoms with Crippen LogP contribution in [0.5, 0.6) is 5.88 Å². The van der Waals surface area contributed by atoms with Gasteiger partial charge in [0.1, 0.15) is 0 Å². The van der Waals surface area contributed by atoms with E-state index in [-0.39, 0.29) is 5.24 Å². The van der Waals surface area contributed by atoms with Crippen molar-refractivity contribution >= 4 is 34.9 Å². The van der Waals surface area contributed by atoms with Crippen LogP contribution in [0, 0.1) is 0 Å². The summed E-state index contributed by atoms with van der Waals surface area (Å²) in [7, 11) is 1.64. The van der Waals surface area contributed by atoms with E-state index in [9.17, 15) is 9.59 Å². The molecule has 4 rings (SSSR count). The molecule has 2 aromatic rings. The highest BCUT2D eigenvalue weighted by Gasteiger charge is 2.25. The van der Waals surface area contributed by atoms with Crippen LogP contribution in [0.3, 0.4) is 0 Å². The van der Waals surface area contributed by atoms with E-state index in [1.165, 1.54) is 0 Å². The minimum absolute atomic E-state index is 0.291. The molecule has 0 atom stereocenters. The molecule has 0 radical (unpaired) electrons. The molecule has 0 aromatic carbocycles. The van der Waals surface area contributed by atoms with Crippen LogP contribution in [-0.4, -0.2) is 45.3 Å². The normalized spacial score (nSPS) is 22.4. The largest absolute Gasteiger partial charge is 0.481 e. The van der Waals surface area contributed by atoms with Gasteiger partial charge in [0, 0.05) is 36.6 Å². The number of aromatic nitrogens is 3. The lowest BCUT2D eigenvalue weighted by Gasteiger charge is -2.30. The van der Waals surface area contributed by atoms with Gasteiger partial charge in [-0.05, 0) is 55.7 Å². The molecule has 2 aliphatic rings. The summed E-state index contributed by atoms with van der Waals surface area (Å²) in [5.74, 6) is 0.800. The van der Waals surface area contributed by atoms with Gasteiger partial charge in [0.15, 0.2) is 0 Å². The van der Waals surface area contributed by atoms with Gasteiger partial charge in [-0.3, -0.25) is 14.9 Å². The Balaban J connectivity index is 1.28. The summed E-state index contributed by atoms with van der Waals surface area (Å²) >= 11 is 0.877. The summed E-state index contributed by atoms with van der Waals surface area (Å²) in [5, 5.41) is 8.87. The Morgan fingerprint density at radius 2 is 1.97 bits per heavy atom. The average Bonchev–Trinajstić information content (AvgIpc) is 3.10. The van der Waals surface area contributed by atoms with Gasteiger partial charge in [-0.1, -0.05) is 6.07 Å². The molecular formula is C21H24N6O3S. The van der Waals surface area contributed by atoms with Crippen molar-refractivity contribution in [1.29, 1.82) is 0 Å². The highest BCUT2D eigenvalue weighted by molar-refractivity contribution is 8.18. The van der Waals surface area contributed by atoms with Gasteiger partial charge in [-0.25, -0.2) is 15.0 Å². The lowest BCUT2D eigenvalue weighted by Crippen LogP contribution is -2.37. The first kappa shape index (κ1) is 21.3. The van der Waals surface area contributed by atoms with Crippen LogP contribution in [0.4, 0.5) is 10.7 Å². The van der Waals surface area contributed by atoms with E-state index < -0.39 is 5.91 Å². The molecule has 1 saturated carbocycles. The van der Waals surface area contributed by atoms with E-state index in [0.717, 1.165) is 49.6 Å². The number of imide groups is 1. The summed E-state index contributed by atoms with van der Waals surface area (Å²) in [6.45, 7) is 0.730. The average molecular weight is 441 g/mol. The maximum atomic E-state index is 11.7. The Bertz CT molecular complexity index is 991. The third kappa shape index (κ3) is 5.59. The smallest absolute Gasteiger partial charge is 0.290 e. The van der Waals surface area contributed by atoms with Crippen LogP contribution < -0.4 is 20.7 Å². The fourth-order valence-electron chi connectivity index (χ4n) is 3.70. The summed E-state index contributed by atoms with van der Waals surface area (Å²) in [6, 6.07) is 6.38. The topological polar surface area (TPSA) is 118 Å². The lowest BCUT2D eigenvalue weighted by molar-refractivity contribution is -0.115. The first-order valence-electron chi connectivity index (χ1n) is 10.2. The third-order valence-corrected chi connectivity index (χ3v) is 6.09. The van der Waals surface area contributed by atoms with Crippen molar-refractivity contribution in [2.45, 2.75) is 44.3 Å². The van der Waals surface area contributed by atoms with Crippen LogP contribution in [0.2, 0.25) is 0 Å². The van der Waals surface area contributed by atoms with Crippen molar-refractivity contribution in [3.63, 3.8) is 0 Å². The number of anilines is 1. The van der Waals surface area contributed by atoms with Gasteiger partial charge in [-0.15, -0.1) is 0 Å². The van der Waals surface area contributed by atoms with Crippen molar-refractivity contribution in [3.05, 3.63) is 46.8 Å². The Morgan fingerprint density at radius 3 is 2.71 bits per heavy atom. The number of hydrogen-bond acceptors (Lipinski definition) is 9. The van der Waals surface area contributed by atoms with Gasteiger partial charge < -0.3 is 15.4 Å². The van der Waals surface area contributed by atoms with Crippen molar-refractivity contribution in [2.75, 3.05) is 12.4 Å². The zero-order valence-electron chi connectivity index (χ0n) is 17.1. The number of rotatable bonds is 7. The number of pyridine rings is 1. The van der Waals surface area contributed by atoms with Crippen LogP contribution in [0.25, 0.3) is 6.08 Å². The molecule has 0 bridgehead atoms. The summed E-state index contributed by atoms with van der Waals surface area (Å²) in [6.07, 6.45) is 9.08. The quantitative estimate of drug-likeness (QED) is 0.558. The predicted molar refractivity (Wildman–Crippen MR) is 118 cm³/mol. The van der Waals surface area contributed by atoms with E-state index >= 15 is 0 Å². The van der Waals surface area contributed by atoms with Gasteiger partial charge in [0.05, 0.1) is 17.7 Å². The molecule has 1 aliphatic carbocycles. The first-order valence-corrected chi connectivity index (χ1v) is 11.0. The maximum Gasteiger partial charge on any atom is 0.290 e.